The Bertz CT molecular complexity index is 493. The number of nitrogens with two attached hydrogens (primary N) is 1. The van der Waals surface area contributed by atoms with Crippen molar-refractivity contribution in [1.82, 2.24) is 20.1 Å². The molecule has 0 aliphatic heterocycles. The van der Waals surface area contributed by atoms with E-state index in [-0.39, 0.29) is 5.91 Å². The predicted octanol–water partition coefficient (Wildman–Crippen LogP) is 0.618. The van der Waals surface area contributed by atoms with E-state index in [0.717, 1.165) is 18.0 Å². The van der Waals surface area contributed by atoms with Crippen LogP contribution in [0.2, 0.25) is 0 Å². The molecule has 2 rings (SSSR count). The highest BCUT2D eigenvalue weighted by molar-refractivity contribution is 7.09. The second kappa shape index (κ2) is 6.27. The SMILES string of the molecule is NCc1nc(C(=O)NCCCn2cccn2)cs1. The minimum absolute atomic E-state index is 0.147. The van der Waals surface area contributed by atoms with Gasteiger partial charge in [0.05, 0.1) is 0 Å². The van der Waals surface area contributed by atoms with Crippen LogP contribution in [0.25, 0.3) is 0 Å². The van der Waals surface area contributed by atoms with Crippen molar-refractivity contribution in [3.8, 4) is 0 Å². The highest BCUT2D eigenvalue weighted by atomic mass is 32.1. The lowest BCUT2D eigenvalue weighted by molar-refractivity contribution is 0.0948. The van der Waals surface area contributed by atoms with Crippen LogP contribution in [0, 0.1) is 0 Å². The van der Waals surface area contributed by atoms with Gasteiger partial charge >= 0.3 is 0 Å². The quantitative estimate of drug-likeness (QED) is 0.750. The van der Waals surface area contributed by atoms with Gasteiger partial charge in [0, 0.05) is 37.4 Å². The zero-order valence-corrected chi connectivity index (χ0v) is 10.7. The average Bonchev–Trinajstić information content (AvgIpc) is 3.05. The van der Waals surface area contributed by atoms with Crippen LogP contribution in [0.1, 0.15) is 21.9 Å². The van der Waals surface area contributed by atoms with Crippen molar-refractivity contribution in [3.63, 3.8) is 0 Å². The summed E-state index contributed by atoms with van der Waals surface area (Å²) in [6, 6.07) is 1.88. The molecule has 18 heavy (non-hydrogen) atoms. The summed E-state index contributed by atoms with van der Waals surface area (Å²) >= 11 is 1.40. The van der Waals surface area contributed by atoms with E-state index < -0.39 is 0 Å². The first-order valence-corrected chi connectivity index (χ1v) is 6.57. The number of nitrogens with one attached hydrogen (secondary N) is 1. The molecule has 7 heteroatoms. The highest BCUT2D eigenvalue weighted by Crippen LogP contribution is 2.08. The van der Waals surface area contributed by atoms with E-state index in [2.05, 4.69) is 15.4 Å². The highest BCUT2D eigenvalue weighted by Gasteiger charge is 2.08. The Morgan fingerprint density at radius 2 is 2.44 bits per heavy atom. The summed E-state index contributed by atoms with van der Waals surface area (Å²) in [5.74, 6) is -0.147. The first-order valence-electron chi connectivity index (χ1n) is 5.69. The van der Waals surface area contributed by atoms with Crippen LogP contribution in [0.5, 0.6) is 0 Å². The van der Waals surface area contributed by atoms with Gasteiger partial charge in [-0.3, -0.25) is 9.48 Å². The lowest BCUT2D eigenvalue weighted by Gasteiger charge is -2.03. The molecule has 3 N–H and O–H groups in total. The zero-order valence-electron chi connectivity index (χ0n) is 9.87. The van der Waals surface area contributed by atoms with Gasteiger partial charge in [0.25, 0.3) is 5.91 Å². The molecule has 2 heterocycles. The third-order valence-corrected chi connectivity index (χ3v) is 3.24. The largest absolute Gasteiger partial charge is 0.351 e. The molecule has 2 aromatic rings. The fourth-order valence-corrected chi connectivity index (χ4v) is 2.13. The van der Waals surface area contributed by atoms with E-state index >= 15 is 0 Å². The second-order valence-electron chi connectivity index (χ2n) is 3.71. The van der Waals surface area contributed by atoms with Gasteiger partial charge in [-0.15, -0.1) is 11.3 Å². The number of nitrogens with zero attached hydrogens (tertiary/aromatic N) is 3. The average molecular weight is 265 g/mol. The van der Waals surface area contributed by atoms with Gasteiger partial charge in [-0.2, -0.15) is 5.10 Å². The predicted molar refractivity (Wildman–Crippen MR) is 69.2 cm³/mol. The standard InChI is InChI=1S/C11H15N5OS/c12-7-10-15-9(8-18-10)11(17)13-3-1-5-16-6-2-4-14-16/h2,4,6,8H,1,3,5,7,12H2,(H,13,17). The fraction of sp³-hybridized carbons (Fsp3) is 0.364. The molecule has 0 aliphatic carbocycles. The van der Waals surface area contributed by atoms with Crippen LogP contribution in [-0.2, 0) is 13.1 Å². The normalized spacial score (nSPS) is 10.5. The Morgan fingerprint density at radius 3 is 3.11 bits per heavy atom. The Kier molecular flexibility index (Phi) is 4.43. The second-order valence-corrected chi connectivity index (χ2v) is 4.65. The molecule has 96 valence electrons. The van der Waals surface area contributed by atoms with Crippen molar-refractivity contribution < 1.29 is 4.79 Å². The number of carbonyl (C=O) groups excluding carboxylic acids is 1. The van der Waals surface area contributed by atoms with Crippen molar-refractivity contribution >= 4 is 17.2 Å². The summed E-state index contributed by atoms with van der Waals surface area (Å²) in [7, 11) is 0. The number of aromatic nitrogens is 3. The third kappa shape index (κ3) is 3.38. The fourth-order valence-electron chi connectivity index (χ4n) is 1.48. The number of hydrogen-bond donors (Lipinski definition) is 2. The maximum Gasteiger partial charge on any atom is 0.270 e. The first kappa shape index (κ1) is 12.7. The number of rotatable bonds is 6. The number of amides is 1. The molecule has 0 fully saturated rings. The molecule has 0 aliphatic rings. The van der Waals surface area contributed by atoms with Crippen LogP contribution in [0.15, 0.2) is 23.8 Å². The van der Waals surface area contributed by atoms with Crippen LogP contribution < -0.4 is 11.1 Å². The number of thiazole rings is 1. The van der Waals surface area contributed by atoms with Crippen molar-refractivity contribution in [2.75, 3.05) is 6.54 Å². The van der Waals surface area contributed by atoms with E-state index in [4.69, 9.17) is 5.73 Å². The minimum Gasteiger partial charge on any atom is -0.351 e. The monoisotopic (exact) mass is 265 g/mol. The Hall–Kier alpha value is -1.73. The lowest BCUT2D eigenvalue weighted by Crippen LogP contribution is -2.25. The topological polar surface area (TPSA) is 85.8 Å². The molecule has 0 spiro atoms. The van der Waals surface area contributed by atoms with E-state index in [9.17, 15) is 4.79 Å². The van der Waals surface area contributed by atoms with Gasteiger partial charge in [-0.1, -0.05) is 0 Å². The summed E-state index contributed by atoms with van der Waals surface area (Å²) in [4.78, 5) is 15.8. The lowest BCUT2D eigenvalue weighted by atomic mass is 10.4. The van der Waals surface area contributed by atoms with Crippen LogP contribution in [-0.4, -0.2) is 27.2 Å². The maximum absolute atomic E-state index is 11.7. The Labute approximate surface area is 109 Å². The molecule has 6 nitrogen and oxygen atoms in total. The number of hydrogen-bond acceptors (Lipinski definition) is 5. The van der Waals surface area contributed by atoms with Crippen molar-refractivity contribution in [3.05, 3.63) is 34.5 Å². The van der Waals surface area contributed by atoms with E-state index in [1.54, 1.807) is 11.6 Å². The summed E-state index contributed by atoms with van der Waals surface area (Å²) < 4.78 is 1.83. The van der Waals surface area contributed by atoms with Crippen LogP contribution in [0.3, 0.4) is 0 Å². The van der Waals surface area contributed by atoms with Crippen molar-refractivity contribution in [2.24, 2.45) is 5.73 Å². The first-order chi connectivity index (χ1) is 8.79. The smallest absolute Gasteiger partial charge is 0.270 e. The van der Waals surface area contributed by atoms with Crippen LogP contribution in [0.4, 0.5) is 0 Å². The van der Waals surface area contributed by atoms with Gasteiger partial charge in [0.2, 0.25) is 0 Å². The zero-order chi connectivity index (χ0) is 12.8. The Balaban J connectivity index is 1.71. The Morgan fingerprint density at radius 1 is 1.56 bits per heavy atom. The molecule has 0 bridgehead atoms. The summed E-state index contributed by atoms with van der Waals surface area (Å²) in [6.45, 7) is 1.77. The van der Waals surface area contributed by atoms with E-state index in [1.165, 1.54) is 11.3 Å². The van der Waals surface area contributed by atoms with E-state index in [0.29, 0.717) is 18.8 Å². The molecule has 1 amide bonds. The van der Waals surface area contributed by atoms with Gasteiger partial charge in [0.1, 0.15) is 10.7 Å². The number of aryl methyl sites for hydroxylation is 1. The van der Waals surface area contributed by atoms with Gasteiger partial charge in [-0.25, -0.2) is 4.98 Å². The molecular weight excluding hydrogens is 250 g/mol. The van der Waals surface area contributed by atoms with Crippen LogP contribution >= 0.6 is 11.3 Å². The third-order valence-electron chi connectivity index (χ3n) is 2.37. The van der Waals surface area contributed by atoms with E-state index in [1.807, 2.05) is 16.9 Å². The maximum atomic E-state index is 11.7. The molecular formula is C11H15N5OS. The molecule has 0 saturated carbocycles. The van der Waals surface area contributed by atoms with Gasteiger partial charge in [-0.05, 0) is 12.5 Å². The van der Waals surface area contributed by atoms with Crippen molar-refractivity contribution in [1.29, 1.82) is 0 Å². The molecule has 0 atom stereocenters. The summed E-state index contributed by atoms with van der Waals surface area (Å²) in [5.41, 5.74) is 5.89. The molecule has 0 saturated heterocycles. The summed E-state index contributed by atoms with van der Waals surface area (Å²) in [6.07, 6.45) is 4.47. The molecule has 0 radical (unpaired) electrons. The number of carbonyl (C=O) groups is 1. The minimum atomic E-state index is -0.147. The van der Waals surface area contributed by atoms with Crippen molar-refractivity contribution in [2.45, 2.75) is 19.5 Å². The molecule has 2 aromatic heterocycles. The van der Waals surface area contributed by atoms with Gasteiger partial charge in [0.15, 0.2) is 0 Å². The molecule has 0 aromatic carbocycles. The molecule has 0 unspecified atom stereocenters. The van der Waals surface area contributed by atoms with Gasteiger partial charge < -0.3 is 11.1 Å². The summed E-state index contributed by atoms with van der Waals surface area (Å²) in [5, 5.41) is 9.41.